The standard InChI is InChI=1S/C10H15N3O2/c1-7(2)6-12-10-11-5-4-8(13-10)9(14)15-3/h4-5,7H,6H2,1-3H3,(H,11,12,13). The molecule has 0 bridgehead atoms. The molecule has 0 aliphatic rings. The first-order valence-electron chi connectivity index (χ1n) is 4.78. The van der Waals surface area contributed by atoms with Crippen LogP contribution in [0.25, 0.3) is 0 Å². The fourth-order valence-corrected chi connectivity index (χ4v) is 0.958. The number of anilines is 1. The monoisotopic (exact) mass is 209 g/mol. The average Bonchev–Trinajstić information content (AvgIpc) is 2.25. The van der Waals surface area contributed by atoms with Crippen molar-refractivity contribution in [2.45, 2.75) is 13.8 Å². The SMILES string of the molecule is COC(=O)c1ccnc(NCC(C)C)n1. The molecular formula is C10H15N3O2. The first kappa shape index (κ1) is 11.4. The van der Waals surface area contributed by atoms with E-state index in [2.05, 4.69) is 33.9 Å². The maximum atomic E-state index is 11.2. The molecule has 15 heavy (non-hydrogen) atoms. The minimum absolute atomic E-state index is 0.263. The Balaban J connectivity index is 2.70. The Morgan fingerprint density at radius 1 is 1.60 bits per heavy atom. The molecule has 1 aromatic rings. The van der Waals surface area contributed by atoms with E-state index in [0.29, 0.717) is 11.9 Å². The number of carbonyl (C=O) groups excluding carboxylic acids is 1. The van der Waals surface area contributed by atoms with Crippen LogP contribution in [0.3, 0.4) is 0 Å². The molecule has 0 aromatic carbocycles. The molecule has 82 valence electrons. The lowest BCUT2D eigenvalue weighted by Gasteiger charge is -2.07. The van der Waals surface area contributed by atoms with E-state index < -0.39 is 5.97 Å². The van der Waals surface area contributed by atoms with E-state index in [-0.39, 0.29) is 5.69 Å². The smallest absolute Gasteiger partial charge is 0.356 e. The normalized spacial score (nSPS) is 10.1. The first-order valence-corrected chi connectivity index (χ1v) is 4.78. The summed E-state index contributed by atoms with van der Waals surface area (Å²) in [6.07, 6.45) is 1.53. The van der Waals surface area contributed by atoms with E-state index in [1.807, 2.05) is 0 Å². The molecule has 0 unspecified atom stereocenters. The third kappa shape index (κ3) is 3.53. The summed E-state index contributed by atoms with van der Waals surface area (Å²) in [4.78, 5) is 19.2. The van der Waals surface area contributed by atoms with Crippen molar-refractivity contribution in [3.8, 4) is 0 Å². The summed E-state index contributed by atoms with van der Waals surface area (Å²) < 4.78 is 4.56. The van der Waals surface area contributed by atoms with E-state index >= 15 is 0 Å². The quantitative estimate of drug-likeness (QED) is 0.758. The Bertz CT molecular complexity index is 339. The van der Waals surface area contributed by atoms with Crippen molar-refractivity contribution in [3.05, 3.63) is 18.0 Å². The maximum absolute atomic E-state index is 11.2. The highest BCUT2D eigenvalue weighted by molar-refractivity contribution is 5.87. The summed E-state index contributed by atoms with van der Waals surface area (Å²) in [5.41, 5.74) is 0.263. The Morgan fingerprint density at radius 2 is 2.33 bits per heavy atom. The highest BCUT2D eigenvalue weighted by atomic mass is 16.5. The van der Waals surface area contributed by atoms with Gasteiger partial charge >= 0.3 is 5.97 Å². The van der Waals surface area contributed by atoms with Crippen molar-refractivity contribution in [3.63, 3.8) is 0 Å². The Labute approximate surface area is 88.9 Å². The summed E-state index contributed by atoms with van der Waals surface area (Å²) in [6.45, 7) is 4.93. The van der Waals surface area contributed by atoms with Gasteiger partial charge in [-0.3, -0.25) is 0 Å². The topological polar surface area (TPSA) is 64.1 Å². The number of carbonyl (C=O) groups is 1. The molecule has 0 radical (unpaired) electrons. The van der Waals surface area contributed by atoms with Crippen LogP contribution in [0.15, 0.2) is 12.3 Å². The van der Waals surface area contributed by atoms with E-state index in [9.17, 15) is 4.79 Å². The highest BCUT2D eigenvalue weighted by Gasteiger charge is 2.08. The number of aromatic nitrogens is 2. The van der Waals surface area contributed by atoms with Crippen LogP contribution in [-0.4, -0.2) is 29.6 Å². The maximum Gasteiger partial charge on any atom is 0.356 e. The average molecular weight is 209 g/mol. The van der Waals surface area contributed by atoms with E-state index in [4.69, 9.17) is 0 Å². The zero-order valence-electron chi connectivity index (χ0n) is 9.15. The van der Waals surface area contributed by atoms with Crippen molar-refractivity contribution in [2.24, 2.45) is 5.92 Å². The van der Waals surface area contributed by atoms with Gasteiger partial charge in [-0.15, -0.1) is 0 Å². The molecule has 1 N–H and O–H groups in total. The van der Waals surface area contributed by atoms with Gasteiger partial charge < -0.3 is 10.1 Å². The van der Waals surface area contributed by atoms with Gasteiger partial charge in [-0.1, -0.05) is 13.8 Å². The number of nitrogens with zero attached hydrogens (tertiary/aromatic N) is 2. The lowest BCUT2D eigenvalue weighted by Crippen LogP contribution is -2.13. The summed E-state index contributed by atoms with van der Waals surface area (Å²) in [6, 6.07) is 1.52. The molecule has 0 amide bonds. The molecule has 0 atom stereocenters. The summed E-state index contributed by atoms with van der Waals surface area (Å²) >= 11 is 0. The Kier molecular flexibility index (Phi) is 4.03. The zero-order valence-corrected chi connectivity index (χ0v) is 9.15. The second-order valence-corrected chi connectivity index (χ2v) is 3.53. The molecule has 0 spiro atoms. The number of hydrogen-bond donors (Lipinski definition) is 1. The van der Waals surface area contributed by atoms with Crippen molar-refractivity contribution in [1.82, 2.24) is 9.97 Å². The predicted molar refractivity (Wildman–Crippen MR) is 56.7 cm³/mol. The lowest BCUT2D eigenvalue weighted by atomic mass is 10.2. The third-order valence-corrected chi connectivity index (χ3v) is 1.72. The number of ether oxygens (including phenoxy) is 1. The molecule has 1 aromatic heterocycles. The molecule has 1 heterocycles. The van der Waals surface area contributed by atoms with Gasteiger partial charge in [0, 0.05) is 12.7 Å². The minimum atomic E-state index is -0.454. The molecule has 0 fully saturated rings. The molecule has 5 heteroatoms. The summed E-state index contributed by atoms with van der Waals surface area (Å²) in [7, 11) is 1.33. The number of hydrogen-bond acceptors (Lipinski definition) is 5. The molecule has 0 saturated heterocycles. The molecule has 0 aliphatic heterocycles. The van der Waals surface area contributed by atoms with Crippen LogP contribution < -0.4 is 5.32 Å². The number of nitrogens with one attached hydrogen (secondary N) is 1. The van der Waals surface area contributed by atoms with Gasteiger partial charge in [0.2, 0.25) is 5.95 Å². The van der Waals surface area contributed by atoms with Crippen molar-refractivity contribution in [1.29, 1.82) is 0 Å². The van der Waals surface area contributed by atoms with Gasteiger partial charge in [0.1, 0.15) is 0 Å². The fraction of sp³-hybridized carbons (Fsp3) is 0.500. The summed E-state index contributed by atoms with van der Waals surface area (Å²) in [5, 5.41) is 3.03. The number of methoxy groups -OCH3 is 1. The number of esters is 1. The summed E-state index contributed by atoms with van der Waals surface area (Å²) in [5.74, 6) is 0.493. The van der Waals surface area contributed by atoms with Gasteiger partial charge in [-0.2, -0.15) is 0 Å². The van der Waals surface area contributed by atoms with E-state index in [1.165, 1.54) is 19.4 Å². The van der Waals surface area contributed by atoms with Crippen molar-refractivity contribution < 1.29 is 9.53 Å². The second kappa shape index (κ2) is 5.29. The van der Waals surface area contributed by atoms with Crippen molar-refractivity contribution in [2.75, 3.05) is 19.0 Å². The molecule has 0 saturated carbocycles. The van der Waals surface area contributed by atoms with Gasteiger partial charge in [0.15, 0.2) is 5.69 Å². The minimum Gasteiger partial charge on any atom is -0.464 e. The third-order valence-electron chi connectivity index (χ3n) is 1.72. The van der Waals surface area contributed by atoms with Crippen LogP contribution >= 0.6 is 0 Å². The fourth-order valence-electron chi connectivity index (χ4n) is 0.958. The van der Waals surface area contributed by atoms with Crippen LogP contribution in [0, 0.1) is 5.92 Å². The predicted octanol–water partition coefficient (Wildman–Crippen LogP) is 1.33. The largest absolute Gasteiger partial charge is 0.464 e. The Hall–Kier alpha value is -1.65. The highest BCUT2D eigenvalue weighted by Crippen LogP contribution is 2.03. The Morgan fingerprint density at radius 3 is 2.93 bits per heavy atom. The van der Waals surface area contributed by atoms with Crippen molar-refractivity contribution >= 4 is 11.9 Å². The second-order valence-electron chi connectivity index (χ2n) is 3.53. The number of rotatable bonds is 4. The van der Waals surface area contributed by atoms with Crippen LogP contribution in [0.1, 0.15) is 24.3 Å². The first-order chi connectivity index (χ1) is 7.13. The molecule has 5 nitrogen and oxygen atoms in total. The van der Waals surface area contributed by atoms with Crippen LogP contribution in [0.4, 0.5) is 5.95 Å². The van der Waals surface area contributed by atoms with E-state index in [1.54, 1.807) is 0 Å². The van der Waals surface area contributed by atoms with Crippen LogP contribution in [0.5, 0.6) is 0 Å². The van der Waals surface area contributed by atoms with Gasteiger partial charge in [0.05, 0.1) is 7.11 Å². The van der Waals surface area contributed by atoms with Gasteiger partial charge in [-0.25, -0.2) is 14.8 Å². The van der Waals surface area contributed by atoms with Crippen LogP contribution in [-0.2, 0) is 4.74 Å². The molecule has 0 aliphatic carbocycles. The molecular weight excluding hydrogens is 194 g/mol. The van der Waals surface area contributed by atoms with Gasteiger partial charge in [-0.05, 0) is 12.0 Å². The molecule has 1 rings (SSSR count). The van der Waals surface area contributed by atoms with E-state index in [0.717, 1.165) is 6.54 Å². The zero-order chi connectivity index (χ0) is 11.3. The van der Waals surface area contributed by atoms with Gasteiger partial charge in [0.25, 0.3) is 0 Å². The lowest BCUT2D eigenvalue weighted by molar-refractivity contribution is 0.0594. The van der Waals surface area contributed by atoms with Crippen LogP contribution in [0.2, 0.25) is 0 Å².